The van der Waals surface area contributed by atoms with E-state index in [1.165, 1.54) is 0 Å². The summed E-state index contributed by atoms with van der Waals surface area (Å²) in [5.41, 5.74) is 5.00. The first-order valence-electron chi connectivity index (χ1n) is 4.35. The highest BCUT2D eigenvalue weighted by molar-refractivity contribution is 7.99. The third-order valence-corrected chi connectivity index (χ3v) is 2.59. The highest BCUT2D eigenvalue weighted by Crippen LogP contribution is 2.08. The molecule has 14 heavy (non-hydrogen) atoms. The van der Waals surface area contributed by atoms with Crippen LogP contribution in [-0.4, -0.2) is 23.7 Å². The summed E-state index contributed by atoms with van der Waals surface area (Å²) >= 11 is 1.63. The number of benzene rings is 1. The molecule has 0 fully saturated rings. The molecule has 1 unspecified atom stereocenters. The van der Waals surface area contributed by atoms with Gasteiger partial charge in [-0.2, -0.15) is 5.10 Å². The second kappa shape index (κ2) is 4.28. The number of hydrazone groups is 1. The average molecular weight is 205 g/mol. The van der Waals surface area contributed by atoms with E-state index in [9.17, 15) is 0 Å². The maximum Gasteiger partial charge on any atom is 0.180 e. The number of hydrogen-bond acceptors (Lipinski definition) is 4. The minimum atomic E-state index is 0.0578. The first kappa shape index (κ1) is 9.27. The molecule has 1 N–H and O–H groups in total. The summed E-state index contributed by atoms with van der Waals surface area (Å²) in [6.45, 7) is 0. The summed E-state index contributed by atoms with van der Waals surface area (Å²) in [5.74, 6) is 0. The lowest BCUT2D eigenvalue weighted by Crippen LogP contribution is -2.26. The van der Waals surface area contributed by atoms with Crippen molar-refractivity contribution in [3.63, 3.8) is 0 Å². The second-order valence-electron chi connectivity index (χ2n) is 2.86. The molecule has 0 aliphatic carbocycles. The molecule has 0 radical (unpaired) electrons. The Morgan fingerprint density at radius 2 is 2.07 bits per heavy atom. The molecule has 4 heteroatoms. The Kier molecular flexibility index (Phi) is 2.84. The maximum atomic E-state index is 4.30. The molecular formula is C10H11N3S. The van der Waals surface area contributed by atoms with Gasteiger partial charge < -0.3 is 0 Å². The zero-order valence-corrected chi connectivity index (χ0v) is 8.66. The lowest BCUT2D eigenvalue weighted by molar-refractivity contribution is 0.711. The van der Waals surface area contributed by atoms with Gasteiger partial charge in [0.2, 0.25) is 0 Å². The average Bonchev–Trinajstić information content (AvgIpc) is 2.30. The van der Waals surface area contributed by atoms with E-state index in [0.29, 0.717) is 0 Å². The van der Waals surface area contributed by atoms with E-state index in [0.717, 1.165) is 11.3 Å². The number of hydrogen-bond donors (Lipinski definition) is 1. The lowest BCUT2D eigenvalue weighted by Gasteiger charge is -2.14. The van der Waals surface area contributed by atoms with Crippen LogP contribution in [0, 0.1) is 0 Å². The van der Waals surface area contributed by atoms with Crippen molar-refractivity contribution in [1.29, 1.82) is 0 Å². The van der Waals surface area contributed by atoms with E-state index in [2.05, 4.69) is 15.5 Å². The smallest absolute Gasteiger partial charge is 0.180 e. The van der Waals surface area contributed by atoms with Crippen molar-refractivity contribution in [2.75, 3.05) is 6.26 Å². The Bertz CT molecular complexity index is 359. The summed E-state index contributed by atoms with van der Waals surface area (Å²) in [7, 11) is 0. The minimum absolute atomic E-state index is 0.0578. The molecule has 0 saturated carbocycles. The normalized spacial score (nSPS) is 20.1. The van der Waals surface area contributed by atoms with Crippen molar-refractivity contribution in [1.82, 2.24) is 5.43 Å². The molecule has 1 atom stereocenters. The third-order valence-electron chi connectivity index (χ3n) is 1.92. The fraction of sp³-hybridized carbons (Fsp3) is 0.200. The van der Waals surface area contributed by atoms with E-state index < -0.39 is 0 Å². The molecule has 3 nitrogen and oxygen atoms in total. The molecule has 2 rings (SSSR count). The molecule has 1 heterocycles. The molecule has 0 spiro atoms. The number of thioether (sulfide) groups is 1. The highest BCUT2D eigenvalue weighted by atomic mass is 32.2. The largest absolute Gasteiger partial charge is 0.276 e. The monoisotopic (exact) mass is 205 g/mol. The van der Waals surface area contributed by atoms with E-state index in [-0.39, 0.29) is 5.50 Å². The summed E-state index contributed by atoms with van der Waals surface area (Å²) < 4.78 is 0. The Labute approximate surface area is 87.3 Å². The minimum Gasteiger partial charge on any atom is -0.276 e. The summed E-state index contributed by atoms with van der Waals surface area (Å²) in [6.07, 6.45) is 3.81. The standard InChI is InChI=1S/C10H11N3S/c1-14-10-11-7-9(12-13-10)8-5-3-2-4-6-8/h2-7,10,13H,1H3. The lowest BCUT2D eigenvalue weighted by atomic mass is 10.1. The first-order valence-corrected chi connectivity index (χ1v) is 5.63. The quantitative estimate of drug-likeness (QED) is 0.798. The number of aliphatic imine (C=N–C) groups is 1. The third kappa shape index (κ3) is 1.96. The second-order valence-corrected chi connectivity index (χ2v) is 3.78. The van der Waals surface area contributed by atoms with Crippen LogP contribution >= 0.6 is 11.8 Å². The number of rotatable bonds is 2. The highest BCUT2D eigenvalue weighted by Gasteiger charge is 2.08. The van der Waals surface area contributed by atoms with Gasteiger partial charge in [0, 0.05) is 5.56 Å². The van der Waals surface area contributed by atoms with Gasteiger partial charge in [-0.1, -0.05) is 30.3 Å². The zero-order valence-electron chi connectivity index (χ0n) is 7.84. The predicted molar refractivity (Wildman–Crippen MR) is 61.9 cm³/mol. The van der Waals surface area contributed by atoms with E-state index in [1.807, 2.05) is 42.8 Å². The van der Waals surface area contributed by atoms with Gasteiger partial charge in [0.1, 0.15) is 5.71 Å². The van der Waals surface area contributed by atoms with Crippen LogP contribution in [0.2, 0.25) is 0 Å². The summed E-state index contributed by atoms with van der Waals surface area (Å²) in [5, 5.41) is 4.25. The van der Waals surface area contributed by atoms with Gasteiger partial charge in [0.25, 0.3) is 0 Å². The molecule has 1 aliphatic heterocycles. The Morgan fingerprint density at radius 1 is 1.29 bits per heavy atom. The van der Waals surface area contributed by atoms with Gasteiger partial charge in [0.15, 0.2) is 5.50 Å². The first-order chi connectivity index (χ1) is 6.90. The Hall–Kier alpha value is -1.29. The van der Waals surface area contributed by atoms with Crippen LogP contribution in [0.3, 0.4) is 0 Å². The fourth-order valence-electron chi connectivity index (χ4n) is 1.19. The van der Waals surface area contributed by atoms with Gasteiger partial charge in [-0.3, -0.25) is 10.4 Å². The topological polar surface area (TPSA) is 36.8 Å². The van der Waals surface area contributed by atoms with Crippen LogP contribution in [-0.2, 0) is 0 Å². The van der Waals surface area contributed by atoms with Gasteiger partial charge >= 0.3 is 0 Å². The van der Waals surface area contributed by atoms with E-state index in [4.69, 9.17) is 0 Å². The molecule has 1 aromatic carbocycles. The van der Waals surface area contributed by atoms with Crippen molar-refractivity contribution in [2.24, 2.45) is 10.1 Å². The summed E-state index contributed by atoms with van der Waals surface area (Å²) in [6, 6.07) is 10.0. The van der Waals surface area contributed by atoms with Gasteiger partial charge in [-0.15, -0.1) is 11.8 Å². The van der Waals surface area contributed by atoms with Gasteiger partial charge in [-0.25, -0.2) is 0 Å². The molecule has 0 aromatic heterocycles. The van der Waals surface area contributed by atoms with Crippen molar-refractivity contribution in [3.8, 4) is 0 Å². The molecular weight excluding hydrogens is 194 g/mol. The van der Waals surface area contributed by atoms with Crippen LogP contribution in [0.4, 0.5) is 0 Å². The number of nitrogens with one attached hydrogen (secondary N) is 1. The van der Waals surface area contributed by atoms with Crippen LogP contribution in [0.15, 0.2) is 40.4 Å². The number of nitrogens with zero attached hydrogens (tertiary/aromatic N) is 2. The predicted octanol–water partition coefficient (Wildman–Crippen LogP) is 1.71. The van der Waals surface area contributed by atoms with Crippen molar-refractivity contribution in [3.05, 3.63) is 35.9 Å². The molecule has 0 bridgehead atoms. The van der Waals surface area contributed by atoms with Crippen LogP contribution in [0.25, 0.3) is 0 Å². The Morgan fingerprint density at radius 3 is 2.64 bits per heavy atom. The van der Waals surface area contributed by atoms with Crippen LogP contribution in [0.1, 0.15) is 5.56 Å². The fourth-order valence-corrected chi connectivity index (χ4v) is 1.53. The van der Waals surface area contributed by atoms with Crippen molar-refractivity contribution in [2.45, 2.75) is 5.50 Å². The molecule has 72 valence electrons. The van der Waals surface area contributed by atoms with Crippen molar-refractivity contribution >= 4 is 23.7 Å². The van der Waals surface area contributed by atoms with E-state index in [1.54, 1.807) is 11.8 Å². The van der Waals surface area contributed by atoms with Crippen molar-refractivity contribution < 1.29 is 0 Å². The summed E-state index contributed by atoms with van der Waals surface area (Å²) in [4.78, 5) is 4.30. The molecule has 1 aromatic rings. The zero-order chi connectivity index (χ0) is 9.80. The molecule has 1 aliphatic rings. The maximum absolute atomic E-state index is 4.30. The van der Waals surface area contributed by atoms with Gasteiger partial charge in [0.05, 0.1) is 6.21 Å². The van der Waals surface area contributed by atoms with Gasteiger partial charge in [-0.05, 0) is 6.26 Å². The van der Waals surface area contributed by atoms with E-state index >= 15 is 0 Å². The van der Waals surface area contributed by atoms with Crippen LogP contribution in [0.5, 0.6) is 0 Å². The SMILES string of the molecule is CSC1N=CC(c2ccccc2)=NN1. The molecule has 0 saturated heterocycles. The Balaban J connectivity index is 2.16. The van der Waals surface area contributed by atoms with Crippen LogP contribution < -0.4 is 5.43 Å². The molecule has 0 amide bonds.